The molecule has 0 amide bonds. The highest BCUT2D eigenvalue weighted by Crippen LogP contribution is 2.33. The third-order valence-corrected chi connectivity index (χ3v) is 4.46. The van der Waals surface area contributed by atoms with Gasteiger partial charge in [-0.1, -0.05) is 36.4 Å². The maximum atomic E-state index is 12.2. The molecule has 4 rings (SSSR count). The van der Waals surface area contributed by atoms with Crippen LogP contribution in [0.5, 0.6) is 0 Å². The minimum absolute atomic E-state index is 0.253. The zero-order valence-electron chi connectivity index (χ0n) is 13.9. The van der Waals surface area contributed by atoms with Crippen molar-refractivity contribution in [2.45, 2.75) is 31.0 Å². The summed E-state index contributed by atoms with van der Waals surface area (Å²) in [5.41, 5.74) is 0.933. The zero-order valence-corrected chi connectivity index (χ0v) is 13.9. The van der Waals surface area contributed by atoms with Gasteiger partial charge in [-0.25, -0.2) is 9.59 Å². The van der Waals surface area contributed by atoms with Gasteiger partial charge in [0.05, 0.1) is 23.8 Å². The SMILES string of the molecule is O=C(O[C@@H]1C[C@@H]2OC[C@H](OC(=O)c3ccccc3)[C@@H]2O1)c1ccccc1. The Balaban J connectivity index is 1.35. The van der Waals surface area contributed by atoms with Crippen LogP contribution in [0.4, 0.5) is 0 Å². The molecule has 2 heterocycles. The lowest BCUT2D eigenvalue weighted by Gasteiger charge is -2.19. The van der Waals surface area contributed by atoms with Crippen LogP contribution >= 0.6 is 0 Å². The van der Waals surface area contributed by atoms with Crippen LogP contribution in [-0.2, 0) is 18.9 Å². The Labute approximate surface area is 150 Å². The maximum Gasteiger partial charge on any atom is 0.340 e. The molecule has 0 aromatic heterocycles. The molecule has 2 aromatic rings. The molecule has 6 nitrogen and oxygen atoms in total. The monoisotopic (exact) mass is 354 g/mol. The van der Waals surface area contributed by atoms with Gasteiger partial charge in [0.2, 0.25) is 6.29 Å². The molecule has 2 aliphatic rings. The number of esters is 2. The third-order valence-electron chi connectivity index (χ3n) is 4.46. The van der Waals surface area contributed by atoms with E-state index in [1.807, 2.05) is 12.1 Å². The smallest absolute Gasteiger partial charge is 0.340 e. The Morgan fingerprint density at radius 2 is 1.42 bits per heavy atom. The predicted octanol–water partition coefficient (Wildman–Crippen LogP) is 2.58. The van der Waals surface area contributed by atoms with Crippen molar-refractivity contribution in [2.75, 3.05) is 6.61 Å². The van der Waals surface area contributed by atoms with Crippen LogP contribution in [0, 0.1) is 0 Å². The van der Waals surface area contributed by atoms with Crippen molar-refractivity contribution in [1.82, 2.24) is 0 Å². The molecule has 0 unspecified atom stereocenters. The van der Waals surface area contributed by atoms with Crippen LogP contribution in [0.25, 0.3) is 0 Å². The van der Waals surface area contributed by atoms with E-state index < -0.39 is 30.4 Å². The highest BCUT2D eigenvalue weighted by molar-refractivity contribution is 5.90. The third kappa shape index (κ3) is 3.47. The molecule has 26 heavy (non-hydrogen) atoms. The van der Waals surface area contributed by atoms with Crippen molar-refractivity contribution in [3.63, 3.8) is 0 Å². The van der Waals surface area contributed by atoms with Gasteiger partial charge < -0.3 is 18.9 Å². The molecule has 0 radical (unpaired) electrons. The summed E-state index contributed by atoms with van der Waals surface area (Å²) < 4.78 is 22.3. The Kier molecular flexibility index (Phi) is 4.69. The highest BCUT2D eigenvalue weighted by Gasteiger charge is 2.49. The average molecular weight is 354 g/mol. The molecular formula is C20H18O6. The number of hydrogen-bond donors (Lipinski definition) is 0. The number of carbonyl (C=O) groups excluding carboxylic acids is 2. The lowest BCUT2D eigenvalue weighted by atomic mass is 10.1. The fourth-order valence-corrected chi connectivity index (χ4v) is 3.16. The van der Waals surface area contributed by atoms with Crippen LogP contribution in [-0.4, -0.2) is 43.1 Å². The van der Waals surface area contributed by atoms with Crippen molar-refractivity contribution >= 4 is 11.9 Å². The Morgan fingerprint density at radius 3 is 2.04 bits per heavy atom. The number of fused-ring (bicyclic) bond motifs is 1. The van der Waals surface area contributed by atoms with Crippen molar-refractivity contribution in [3.05, 3.63) is 71.8 Å². The van der Waals surface area contributed by atoms with E-state index in [9.17, 15) is 9.59 Å². The standard InChI is InChI=1S/C20H18O6/c21-19(13-7-3-1-4-8-13)24-16-12-23-15-11-17(25-18(15)16)26-20(22)14-9-5-2-6-10-14/h1-10,15-18H,11-12H2/t15-,16-,17+,18+/m0/s1. The van der Waals surface area contributed by atoms with Crippen LogP contribution in [0.2, 0.25) is 0 Å². The van der Waals surface area contributed by atoms with Gasteiger partial charge in [-0.15, -0.1) is 0 Å². The lowest BCUT2D eigenvalue weighted by Crippen LogP contribution is -2.33. The van der Waals surface area contributed by atoms with E-state index in [1.54, 1.807) is 48.5 Å². The number of carbonyl (C=O) groups is 2. The molecule has 0 aliphatic carbocycles. The number of rotatable bonds is 4. The summed E-state index contributed by atoms with van der Waals surface area (Å²) in [6, 6.07) is 17.5. The first-order valence-corrected chi connectivity index (χ1v) is 8.50. The first-order chi connectivity index (χ1) is 12.7. The topological polar surface area (TPSA) is 71.1 Å². The number of hydrogen-bond acceptors (Lipinski definition) is 6. The van der Waals surface area contributed by atoms with Crippen molar-refractivity contribution in [1.29, 1.82) is 0 Å². The van der Waals surface area contributed by atoms with Gasteiger partial charge in [0.1, 0.15) is 6.10 Å². The molecule has 2 fully saturated rings. The largest absolute Gasteiger partial charge is 0.453 e. The van der Waals surface area contributed by atoms with Gasteiger partial charge >= 0.3 is 11.9 Å². The summed E-state index contributed by atoms with van der Waals surface area (Å²) in [5, 5.41) is 0. The fourth-order valence-electron chi connectivity index (χ4n) is 3.16. The summed E-state index contributed by atoms with van der Waals surface area (Å²) in [4.78, 5) is 24.4. The summed E-state index contributed by atoms with van der Waals surface area (Å²) in [6.45, 7) is 0.271. The summed E-state index contributed by atoms with van der Waals surface area (Å²) >= 11 is 0. The van der Waals surface area contributed by atoms with Gasteiger partial charge in [0, 0.05) is 6.42 Å². The molecule has 4 atom stereocenters. The van der Waals surface area contributed by atoms with Crippen LogP contribution in [0.1, 0.15) is 27.1 Å². The van der Waals surface area contributed by atoms with Crippen molar-refractivity contribution in [3.8, 4) is 0 Å². The van der Waals surface area contributed by atoms with Gasteiger partial charge in [-0.2, -0.15) is 0 Å². The maximum absolute atomic E-state index is 12.2. The fraction of sp³-hybridized carbons (Fsp3) is 0.300. The summed E-state index contributed by atoms with van der Waals surface area (Å²) in [7, 11) is 0. The summed E-state index contributed by atoms with van der Waals surface area (Å²) in [6.07, 6.45) is -1.50. The van der Waals surface area contributed by atoms with Crippen LogP contribution in [0.3, 0.4) is 0 Å². The molecule has 0 N–H and O–H groups in total. The Morgan fingerprint density at radius 1 is 0.846 bits per heavy atom. The van der Waals surface area contributed by atoms with Crippen molar-refractivity contribution in [2.24, 2.45) is 0 Å². The molecule has 0 bridgehead atoms. The average Bonchev–Trinajstić information content (AvgIpc) is 3.24. The van der Waals surface area contributed by atoms with Gasteiger partial charge in [0.25, 0.3) is 0 Å². The number of benzene rings is 2. The molecule has 2 aromatic carbocycles. The lowest BCUT2D eigenvalue weighted by molar-refractivity contribution is -0.124. The van der Waals surface area contributed by atoms with E-state index in [2.05, 4.69) is 0 Å². The van der Waals surface area contributed by atoms with E-state index in [4.69, 9.17) is 18.9 Å². The zero-order chi connectivity index (χ0) is 17.9. The van der Waals surface area contributed by atoms with Gasteiger partial charge in [0.15, 0.2) is 6.10 Å². The summed E-state index contributed by atoms with van der Waals surface area (Å²) in [5.74, 6) is -0.874. The molecule has 0 saturated carbocycles. The first kappa shape index (κ1) is 16.8. The molecule has 2 saturated heterocycles. The second-order valence-electron chi connectivity index (χ2n) is 6.22. The van der Waals surface area contributed by atoms with E-state index in [0.29, 0.717) is 17.5 Å². The molecule has 134 valence electrons. The molecule has 2 aliphatic heterocycles. The Hall–Kier alpha value is -2.70. The van der Waals surface area contributed by atoms with Crippen LogP contribution in [0.15, 0.2) is 60.7 Å². The van der Waals surface area contributed by atoms with Gasteiger partial charge in [-0.05, 0) is 24.3 Å². The first-order valence-electron chi connectivity index (χ1n) is 8.50. The molecular weight excluding hydrogens is 336 g/mol. The quantitative estimate of drug-likeness (QED) is 0.786. The number of ether oxygens (including phenoxy) is 4. The van der Waals surface area contributed by atoms with E-state index in [-0.39, 0.29) is 12.7 Å². The second-order valence-corrected chi connectivity index (χ2v) is 6.22. The van der Waals surface area contributed by atoms with Gasteiger partial charge in [-0.3, -0.25) is 0 Å². The Bertz CT molecular complexity index is 775. The van der Waals surface area contributed by atoms with E-state index in [0.717, 1.165) is 0 Å². The molecule has 0 spiro atoms. The van der Waals surface area contributed by atoms with E-state index >= 15 is 0 Å². The normalized spacial score (nSPS) is 26.9. The minimum atomic E-state index is -0.712. The molecule has 6 heteroatoms. The highest BCUT2D eigenvalue weighted by atomic mass is 16.7. The van der Waals surface area contributed by atoms with E-state index in [1.165, 1.54) is 0 Å². The van der Waals surface area contributed by atoms with Crippen LogP contribution < -0.4 is 0 Å². The second kappa shape index (κ2) is 7.27. The minimum Gasteiger partial charge on any atom is -0.453 e. The predicted molar refractivity (Wildman–Crippen MR) is 90.5 cm³/mol. The van der Waals surface area contributed by atoms with Crippen molar-refractivity contribution < 1.29 is 28.5 Å².